The van der Waals surface area contributed by atoms with E-state index < -0.39 is 0 Å². The fourth-order valence-electron chi connectivity index (χ4n) is 1.61. The summed E-state index contributed by atoms with van der Waals surface area (Å²) in [4.78, 5) is 0. The molecule has 5 nitrogen and oxygen atoms in total. The van der Waals surface area contributed by atoms with E-state index in [1.807, 2.05) is 0 Å². The Hall–Kier alpha value is -1.46. The van der Waals surface area contributed by atoms with Crippen LogP contribution in [0.2, 0.25) is 0 Å². The van der Waals surface area contributed by atoms with E-state index in [1.54, 1.807) is 12.1 Å². The van der Waals surface area contributed by atoms with Crippen LogP contribution in [-0.4, -0.2) is 31.0 Å². The summed E-state index contributed by atoms with van der Waals surface area (Å²) < 4.78 is 10.1. The molecule has 0 spiro atoms. The number of phenols is 1. The summed E-state index contributed by atoms with van der Waals surface area (Å²) >= 11 is 0. The van der Waals surface area contributed by atoms with Gasteiger partial charge in [-0.15, -0.1) is 0 Å². The summed E-state index contributed by atoms with van der Waals surface area (Å²) in [6, 6.07) is 3.14. The summed E-state index contributed by atoms with van der Waals surface area (Å²) in [5, 5.41) is 18.5. The number of benzene rings is 1. The van der Waals surface area contributed by atoms with Gasteiger partial charge >= 0.3 is 0 Å². The van der Waals surface area contributed by atoms with Crippen LogP contribution in [0.4, 0.5) is 0 Å². The number of hydrogen-bond acceptors (Lipinski definition) is 5. The molecule has 1 rings (SSSR count). The second kappa shape index (κ2) is 6.32. The quantitative estimate of drug-likeness (QED) is 0.696. The second-order valence-corrected chi connectivity index (χ2v) is 3.75. The molecule has 4 N–H and O–H groups in total. The largest absolute Gasteiger partial charge is 0.502 e. The van der Waals surface area contributed by atoms with Crippen molar-refractivity contribution in [3.8, 4) is 17.2 Å². The first-order valence-electron chi connectivity index (χ1n) is 5.45. The van der Waals surface area contributed by atoms with E-state index in [-0.39, 0.29) is 18.4 Å². The van der Waals surface area contributed by atoms with Crippen molar-refractivity contribution in [1.29, 1.82) is 0 Å². The van der Waals surface area contributed by atoms with E-state index in [2.05, 4.69) is 0 Å². The third-order valence-electron chi connectivity index (χ3n) is 2.60. The lowest BCUT2D eigenvalue weighted by Crippen LogP contribution is -2.11. The molecule has 0 unspecified atom stereocenters. The standard InChI is InChI=1S/C12H19NO4/c1-16-10-6-8(9(13)4-3-5-14)7-11(17-2)12(10)15/h6-7,9,14-15H,3-5,13H2,1-2H3/t9-/m1/s1. The Balaban J connectivity index is 2.99. The average molecular weight is 241 g/mol. The van der Waals surface area contributed by atoms with Crippen LogP contribution in [-0.2, 0) is 0 Å². The zero-order valence-corrected chi connectivity index (χ0v) is 10.1. The smallest absolute Gasteiger partial charge is 0.200 e. The molecule has 0 heterocycles. The molecule has 0 fully saturated rings. The Morgan fingerprint density at radius 3 is 2.18 bits per heavy atom. The summed E-state index contributed by atoms with van der Waals surface area (Å²) in [5.74, 6) is 0.630. The SMILES string of the molecule is COc1cc([C@H](N)CCCO)cc(OC)c1O. The highest BCUT2D eigenvalue weighted by Gasteiger charge is 2.14. The topological polar surface area (TPSA) is 84.9 Å². The van der Waals surface area contributed by atoms with Crippen molar-refractivity contribution < 1.29 is 19.7 Å². The normalized spacial score (nSPS) is 12.2. The van der Waals surface area contributed by atoms with Crippen molar-refractivity contribution in [3.63, 3.8) is 0 Å². The predicted molar refractivity (Wildman–Crippen MR) is 64.5 cm³/mol. The van der Waals surface area contributed by atoms with Crippen LogP contribution >= 0.6 is 0 Å². The highest BCUT2D eigenvalue weighted by atomic mass is 16.5. The van der Waals surface area contributed by atoms with E-state index >= 15 is 0 Å². The maximum Gasteiger partial charge on any atom is 0.200 e. The second-order valence-electron chi connectivity index (χ2n) is 3.75. The molecule has 0 amide bonds. The number of aromatic hydroxyl groups is 1. The maximum atomic E-state index is 9.74. The number of nitrogens with two attached hydrogens (primary N) is 1. The number of hydrogen-bond donors (Lipinski definition) is 3. The summed E-state index contributed by atoms with van der Waals surface area (Å²) in [6.45, 7) is 0.111. The Morgan fingerprint density at radius 1 is 1.24 bits per heavy atom. The van der Waals surface area contributed by atoms with Crippen LogP contribution < -0.4 is 15.2 Å². The van der Waals surface area contributed by atoms with Crippen LogP contribution in [0, 0.1) is 0 Å². The summed E-state index contributed by atoms with van der Waals surface area (Å²) in [7, 11) is 2.94. The van der Waals surface area contributed by atoms with Gasteiger partial charge in [0.2, 0.25) is 5.75 Å². The molecule has 96 valence electrons. The van der Waals surface area contributed by atoms with E-state index in [9.17, 15) is 5.11 Å². The van der Waals surface area contributed by atoms with Crippen molar-refractivity contribution >= 4 is 0 Å². The third-order valence-corrected chi connectivity index (χ3v) is 2.60. The lowest BCUT2D eigenvalue weighted by molar-refractivity contribution is 0.279. The first-order chi connectivity index (χ1) is 8.13. The van der Waals surface area contributed by atoms with Crippen LogP contribution in [0.5, 0.6) is 17.2 Å². The summed E-state index contributed by atoms with van der Waals surface area (Å²) in [5.41, 5.74) is 6.78. The first-order valence-corrected chi connectivity index (χ1v) is 5.45. The zero-order chi connectivity index (χ0) is 12.8. The highest BCUT2D eigenvalue weighted by Crippen LogP contribution is 2.38. The van der Waals surface area contributed by atoms with Gasteiger partial charge in [-0.1, -0.05) is 0 Å². The zero-order valence-electron chi connectivity index (χ0n) is 10.1. The molecule has 1 aromatic carbocycles. The molecule has 0 aliphatic carbocycles. The minimum Gasteiger partial charge on any atom is -0.502 e. The van der Waals surface area contributed by atoms with Gasteiger partial charge in [-0.25, -0.2) is 0 Å². The lowest BCUT2D eigenvalue weighted by atomic mass is 10.0. The highest BCUT2D eigenvalue weighted by molar-refractivity contribution is 5.53. The van der Waals surface area contributed by atoms with Gasteiger partial charge in [0.15, 0.2) is 11.5 Å². The molecule has 0 aliphatic rings. The molecule has 0 saturated heterocycles. The van der Waals surface area contributed by atoms with Crippen molar-refractivity contribution in [1.82, 2.24) is 0 Å². The maximum absolute atomic E-state index is 9.74. The van der Waals surface area contributed by atoms with E-state index in [0.29, 0.717) is 24.3 Å². The lowest BCUT2D eigenvalue weighted by Gasteiger charge is -2.15. The number of aliphatic hydroxyl groups excluding tert-OH is 1. The van der Waals surface area contributed by atoms with Crippen LogP contribution in [0.1, 0.15) is 24.4 Å². The van der Waals surface area contributed by atoms with Crippen LogP contribution in [0.15, 0.2) is 12.1 Å². The molecule has 17 heavy (non-hydrogen) atoms. The van der Waals surface area contributed by atoms with Gasteiger partial charge < -0.3 is 25.4 Å². The monoisotopic (exact) mass is 241 g/mol. The number of aliphatic hydroxyl groups is 1. The van der Waals surface area contributed by atoms with E-state index in [1.165, 1.54) is 14.2 Å². The van der Waals surface area contributed by atoms with Crippen LogP contribution in [0.3, 0.4) is 0 Å². The Morgan fingerprint density at radius 2 is 1.76 bits per heavy atom. The van der Waals surface area contributed by atoms with Gasteiger partial charge in [0, 0.05) is 12.6 Å². The Bertz CT molecular complexity index is 343. The number of rotatable bonds is 6. The van der Waals surface area contributed by atoms with Gasteiger partial charge in [-0.3, -0.25) is 0 Å². The molecule has 1 atom stereocenters. The third kappa shape index (κ3) is 3.25. The van der Waals surface area contributed by atoms with Gasteiger partial charge in [-0.2, -0.15) is 0 Å². The van der Waals surface area contributed by atoms with Gasteiger partial charge in [0.25, 0.3) is 0 Å². The average Bonchev–Trinajstić information content (AvgIpc) is 2.36. The van der Waals surface area contributed by atoms with Gasteiger partial charge in [0.1, 0.15) is 0 Å². The van der Waals surface area contributed by atoms with E-state index in [0.717, 1.165) is 5.56 Å². The van der Waals surface area contributed by atoms with Gasteiger partial charge in [0.05, 0.1) is 14.2 Å². The molecule has 1 aromatic rings. The fourth-order valence-corrected chi connectivity index (χ4v) is 1.61. The number of phenolic OH excluding ortho intramolecular Hbond substituents is 1. The predicted octanol–water partition coefficient (Wildman–Crippen LogP) is 1.18. The molecule has 0 aromatic heterocycles. The van der Waals surface area contributed by atoms with E-state index in [4.69, 9.17) is 20.3 Å². The molecule has 0 bridgehead atoms. The molecule has 5 heteroatoms. The Labute approximate surface area is 101 Å². The molecule has 0 aliphatic heterocycles. The minimum atomic E-state index is -0.217. The molecular formula is C12H19NO4. The summed E-state index contributed by atoms with van der Waals surface area (Å²) in [6.07, 6.45) is 1.29. The van der Waals surface area contributed by atoms with Crippen molar-refractivity contribution in [3.05, 3.63) is 17.7 Å². The number of methoxy groups -OCH3 is 2. The number of ether oxygens (including phenoxy) is 2. The van der Waals surface area contributed by atoms with Crippen molar-refractivity contribution in [2.45, 2.75) is 18.9 Å². The fraction of sp³-hybridized carbons (Fsp3) is 0.500. The van der Waals surface area contributed by atoms with Gasteiger partial charge in [-0.05, 0) is 30.5 Å². The molecular weight excluding hydrogens is 222 g/mol. The van der Waals surface area contributed by atoms with Crippen LogP contribution in [0.25, 0.3) is 0 Å². The molecule has 0 radical (unpaired) electrons. The molecule has 0 saturated carbocycles. The first kappa shape index (κ1) is 13.6. The minimum absolute atomic E-state index is 0.0342. The van der Waals surface area contributed by atoms with Crippen molar-refractivity contribution in [2.24, 2.45) is 5.73 Å². The van der Waals surface area contributed by atoms with Crippen molar-refractivity contribution in [2.75, 3.05) is 20.8 Å². The Kier molecular flexibility index (Phi) is 5.06.